The fraction of sp³-hybridized carbons (Fsp3) is 0.250. The first-order chi connectivity index (χ1) is 10.0. The molecule has 0 spiro atoms. The van der Waals surface area contributed by atoms with E-state index in [0.717, 1.165) is 17.0 Å². The molecule has 0 amide bonds. The molecule has 0 fully saturated rings. The SMILES string of the molecule is COc1cccc(N(C)C(CN)c2cc(Cl)cc(Cl)c2)c1. The van der Waals surface area contributed by atoms with Crippen LogP contribution >= 0.6 is 23.2 Å². The minimum absolute atomic E-state index is 0.0201. The third-order valence-electron chi connectivity index (χ3n) is 3.42. The summed E-state index contributed by atoms with van der Waals surface area (Å²) in [7, 11) is 3.64. The predicted octanol–water partition coefficient (Wildman–Crippen LogP) is 4.14. The molecular weight excluding hydrogens is 307 g/mol. The Balaban J connectivity index is 2.35. The molecule has 5 heteroatoms. The molecule has 3 nitrogen and oxygen atoms in total. The van der Waals surface area contributed by atoms with Crippen molar-refractivity contribution in [2.24, 2.45) is 5.73 Å². The van der Waals surface area contributed by atoms with Crippen LogP contribution in [0.3, 0.4) is 0 Å². The van der Waals surface area contributed by atoms with Crippen LogP contribution in [0.2, 0.25) is 10.0 Å². The van der Waals surface area contributed by atoms with Crippen LogP contribution < -0.4 is 15.4 Å². The molecule has 2 N–H and O–H groups in total. The first-order valence-electron chi connectivity index (χ1n) is 6.58. The molecule has 0 aliphatic carbocycles. The number of nitrogens with zero attached hydrogens (tertiary/aromatic N) is 1. The Labute approximate surface area is 135 Å². The molecule has 0 heterocycles. The van der Waals surface area contributed by atoms with E-state index in [9.17, 15) is 0 Å². The summed E-state index contributed by atoms with van der Waals surface area (Å²) in [6.07, 6.45) is 0. The number of rotatable bonds is 5. The van der Waals surface area contributed by atoms with Gasteiger partial charge in [-0.05, 0) is 35.9 Å². The number of hydrogen-bond acceptors (Lipinski definition) is 3. The number of anilines is 1. The molecule has 0 aliphatic rings. The first-order valence-corrected chi connectivity index (χ1v) is 7.33. The highest BCUT2D eigenvalue weighted by Crippen LogP contribution is 2.30. The summed E-state index contributed by atoms with van der Waals surface area (Å²) >= 11 is 12.2. The van der Waals surface area contributed by atoms with Crippen LogP contribution in [0, 0.1) is 0 Å². The zero-order chi connectivity index (χ0) is 15.4. The van der Waals surface area contributed by atoms with Crippen molar-refractivity contribution in [1.29, 1.82) is 0 Å². The zero-order valence-electron chi connectivity index (χ0n) is 12.0. The Hall–Kier alpha value is -1.42. The van der Waals surface area contributed by atoms with E-state index < -0.39 is 0 Å². The van der Waals surface area contributed by atoms with Crippen LogP contribution in [0.1, 0.15) is 11.6 Å². The summed E-state index contributed by atoms with van der Waals surface area (Å²) in [5.74, 6) is 0.805. The lowest BCUT2D eigenvalue weighted by atomic mass is 10.0. The van der Waals surface area contributed by atoms with Crippen molar-refractivity contribution < 1.29 is 4.74 Å². The molecule has 0 bridgehead atoms. The van der Waals surface area contributed by atoms with Crippen LogP contribution in [0.4, 0.5) is 5.69 Å². The Morgan fingerprint density at radius 3 is 2.38 bits per heavy atom. The summed E-state index contributed by atoms with van der Waals surface area (Å²) in [5, 5.41) is 1.21. The molecule has 0 saturated carbocycles. The highest BCUT2D eigenvalue weighted by Gasteiger charge is 2.17. The number of hydrogen-bond donors (Lipinski definition) is 1. The Morgan fingerprint density at radius 1 is 1.14 bits per heavy atom. The third kappa shape index (κ3) is 3.82. The molecule has 0 aliphatic heterocycles. The van der Waals surface area contributed by atoms with Crippen molar-refractivity contribution in [2.45, 2.75) is 6.04 Å². The van der Waals surface area contributed by atoms with E-state index in [1.807, 2.05) is 43.4 Å². The largest absolute Gasteiger partial charge is 0.497 e. The first kappa shape index (κ1) is 16.0. The van der Waals surface area contributed by atoms with Gasteiger partial charge in [-0.2, -0.15) is 0 Å². The summed E-state index contributed by atoms with van der Waals surface area (Å²) in [5.41, 5.74) is 7.96. The minimum Gasteiger partial charge on any atom is -0.497 e. The van der Waals surface area contributed by atoms with Gasteiger partial charge in [-0.25, -0.2) is 0 Å². The van der Waals surface area contributed by atoms with Gasteiger partial charge in [0.05, 0.1) is 13.2 Å². The monoisotopic (exact) mass is 324 g/mol. The minimum atomic E-state index is -0.0201. The second kappa shape index (κ2) is 7.03. The van der Waals surface area contributed by atoms with Crippen molar-refractivity contribution in [3.05, 3.63) is 58.1 Å². The van der Waals surface area contributed by atoms with Crippen molar-refractivity contribution in [1.82, 2.24) is 0 Å². The number of likely N-dealkylation sites (N-methyl/N-ethyl adjacent to an activating group) is 1. The highest BCUT2D eigenvalue weighted by atomic mass is 35.5. The molecule has 0 aromatic heterocycles. The highest BCUT2D eigenvalue weighted by molar-refractivity contribution is 6.34. The number of halogens is 2. The summed E-state index contributed by atoms with van der Waals surface area (Å²) < 4.78 is 5.26. The van der Waals surface area contributed by atoms with Crippen LogP contribution in [-0.2, 0) is 0 Å². The van der Waals surface area contributed by atoms with Crippen LogP contribution in [0.5, 0.6) is 5.75 Å². The number of benzene rings is 2. The number of methoxy groups -OCH3 is 1. The summed E-state index contributed by atoms with van der Waals surface area (Å²) in [6, 6.07) is 13.3. The lowest BCUT2D eigenvalue weighted by Crippen LogP contribution is -2.30. The molecule has 21 heavy (non-hydrogen) atoms. The van der Waals surface area contributed by atoms with Crippen LogP contribution in [0.15, 0.2) is 42.5 Å². The van der Waals surface area contributed by atoms with Gasteiger partial charge < -0.3 is 15.4 Å². The maximum Gasteiger partial charge on any atom is 0.120 e. The number of nitrogens with two attached hydrogens (primary N) is 1. The van der Waals surface area contributed by atoms with E-state index in [1.165, 1.54) is 0 Å². The second-order valence-electron chi connectivity index (χ2n) is 4.77. The second-order valence-corrected chi connectivity index (χ2v) is 5.64. The molecule has 2 aromatic carbocycles. The van der Waals surface area contributed by atoms with Gasteiger partial charge in [-0.1, -0.05) is 29.3 Å². The molecule has 0 saturated heterocycles. The Morgan fingerprint density at radius 2 is 1.81 bits per heavy atom. The lowest BCUT2D eigenvalue weighted by Gasteiger charge is -2.30. The predicted molar refractivity (Wildman–Crippen MR) is 89.7 cm³/mol. The maximum atomic E-state index is 6.09. The fourth-order valence-electron chi connectivity index (χ4n) is 2.30. The van der Waals surface area contributed by atoms with Gasteiger partial charge in [0.25, 0.3) is 0 Å². The van der Waals surface area contributed by atoms with E-state index in [0.29, 0.717) is 16.6 Å². The quantitative estimate of drug-likeness (QED) is 0.898. The fourth-order valence-corrected chi connectivity index (χ4v) is 2.84. The Bertz CT molecular complexity index is 599. The van der Waals surface area contributed by atoms with Gasteiger partial charge in [0.2, 0.25) is 0 Å². The standard InChI is InChI=1S/C16H18Cl2N2O/c1-20(14-4-3-5-15(9-14)21-2)16(10-19)11-6-12(17)8-13(18)7-11/h3-9,16H,10,19H2,1-2H3. The van der Waals surface area contributed by atoms with Gasteiger partial charge in [0.1, 0.15) is 5.75 Å². The summed E-state index contributed by atoms with van der Waals surface area (Å²) in [4.78, 5) is 2.09. The Kier molecular flexibility index (Phi) is 5.34. The van der Waals surface area contributed by atoms with Gasteiger partial charge in [-0.3, -0.25) is 0 Å². The normalized spacial score (nSPS) is 12.0. The molecule has 1 atom stereocenters. The topological polar surface area (TPSA) is 38.5 Å². The zero-order valence-corrected chi connectivity index (χ0v) is 13.5. The van der Waals surface area contributed by atoms with E-state index in [-0.39, 0.29) is 6.04 Å². The molecule has 1 unspecified atom stereocenters. The van der Waals surface area contributed by atoms with Gasteiger partial charge >= 0.3 is 0 Å². The molecule has 0 radical (unpaired) electrons. The van der Waals surface area contributed by atoms with Crippen molar-refractivity contribution in [2.75, 3.05) is 25.6 Å². The van der Waals surface area contributed by atoms with Crippen LogP contribution in [0.25, 0.3) is 0 Å². The molecule has 2 aromatic rings. The van der Waals surface area contributed by atoms with E-state index in [2.05, 4.69) is 4.90 Å². The number of ether oxygens (including phenoxy) is 1. The summed E-state index contributed by atoms with van der Waals surface area (Å²) in [6.45, 7) is 0.449. The smallest absolute Gasteiger partial charge is 0.120 e. The van der Waals surface area contributed by atoms with E-state index >= 15 is 0 Å². The average molecular weight is 325 g/mol. The van der Waals surface area contributed by atoms with Crippen molar-refractivity contribution in [3.63, 3.8) is 0 Å². The molecular formula is C16H18Cl2N2O. The van der Waals surface area contributed by atoms with Crippen molar-refractivity contribution in [3.8, 4) is 5.75 Å². The molecule has 112 valence electrons. The lowest BCUT2D eigenvalue weighted by molar-refractivity contribution is 0.414. The third-order valence-corrected chi connectivity index (χ3v) is 3.86. The van der Waals surface area contributed by atoms with E-state index in [4.69, 9.17) is 33.7 Å². The van der Waals surface area contributed by atoms with Gasteiger partial charge in [0.15, 0.2) is 0 Å². The molecule has 2 rings (SSSR count). The average Bonchev–Trinajstić information content (AvgIpc) is 2.47. The van der Waals surface area contributed by atoms with Crippen LogP contribution in [-0.4, -0.2) is 20.7 Å². The van der Waals surface area contributed by atoms with Gasteiger partial charge in [-0.15, -0.1) is 0 Å². The van der Waals surface area contributed by atoms with E-state index in [1.54, 1.807) is 13.2 Å². The maximum absolute atomic E-state index is 6.09. The van der Waals surface area contributed by atoms with Crippen molar-refractivity contribution >= 4 is 28.9 Å². The van der Waals surface area contributed by atoms with Gasteiger partial charge in [0, 0.05) is 35.4 Å².